The standard InChI is InChI=1S/C17H19F3N2/c1-3-4-8-22-10-12-6-5-7-13-15(17(18,19)20)9-14(16(12)13)11(2)21-22/h5-7,9,21H,3-4,8,10H2,1-2H3. The van der Waals surface area contributed by atoms with Gasteiger partial charge in [-0.1, -0.05) is 31.5 Å². The van der Waals surface area contributed by atoms with Crippen LogP contribution in [0.1, 0.15) is 43.4 Å². The van der Waals surface area contributed by atoms with E-state index in [1.54, 1.807) is 12.1 Å². The van der Waals surface area contributed by atoms with Crippen molar-refractivity contribution in [3.8, 4) is 0 Å². The third-order valence-electron chi connectivity index (χ3n) is 4.18. The van der Waals surface area contributed by atoms with E-state index in [9.17, 15) is 13.2 Å². The summed E-state index contributed by atoms with van der Waals surface area (Å²) in [6, 6.07) is 5.21. The van der Waals surface area contributed by atoms with E-state index in [1.807, 2.05) is 13.0 Å². The Morgan fingerprint density at radius 2 is 2.05 bits per heavy atom. The van der Waals surface area contributed by atoms with Gasteiger partial charge in [0.15, 0.2) is 0 Å². The van der Waals surface area contributed by atoms with Gasteiger partial charge in [0.25, 0.3) is 0 Å². The van der Waals surface area contributed by atoms with Crippen LogP contribution in [0.2, 0.25) is 0 Å². The van der Waals surface area contributed by atoms with Crippen molar-refractivity contribution in [1.29, 1.82) is 0 Å². The molecule has 1 aromatic rings. The molecule has 0 saturated carbocycles. The van der Waals surface area contributed by atoms with Crippen LogP contribution < -0.4 is 5.43 Å². The molecular weight excluding hydrogens is 289 g/mol. The molecule has 1 aliphatic heterocycles. The molecule has 22 heavy (non-hydrogen) atoms. The predicted octanol–water partition coefficient (Wildman–Crippen LogP) is 4.50. The molecule has 1 heterocycles. The van der Waals surface area contributed by atoms with E-state index in [0.29, 0.717) is 17.7 Å². The first-order valence-electron chi connectivity index (χ1n) is 7.56. The van der Waals surface area contributed by atoms with Crippen molar-refractivity contribution in [1.82, 2.24) is 10.4 Å². The maximum Gasteiger partial charge on any atom is 0.417 e. The topological polar surface area (TPSA) is 15.3 Å². The second-order valence-electron chi connectivity index (χ2n) is 5.82. The number of allylic oxidation sites excluding steroid dienone is 4. The molecule has 0 fully saturated rings. The first-order valence-corrected chi connectivity index (χ1v) is 7.56. The van der Waals surface area contributed by atoms with Crippen molar-refractivity contribution in [2.45, 2.75) is 39.4 Å². The van der Waals surface area contributed by atoms with Gasteiger partial charge >= 0.3 is 6.18 Å². The zero-order valence-electron chi connectivity index (χ0n) is 12.7. The Balaban J connectivity index is 2.08. The van der Waals surface area contributed by atoms with E-state index >= 15 is 0 Å². The molecule has 118 valence electrons. The van der Waals surface area contributed by atoms with Gasteiger partial charge in [0.1, 0.15) is 0 Å². The number of rotatable bonds is 3. The number of nitrogens with zero attached hydrogens (tertiary/aromatic N) is 1. The van der Waals surface area contributed by atoms with Crippen LogP contribution in [0.25, 0.3) is 11.1 Å². The van der Waals surface area contributed by atoms with Crippen molar-refractivity contribution >= 4 is 11.1 Å². The lowest BCUT2D eigenvalue weighted by atomic mass is 9.97. The first kappa shape index (κ1) is 15.2. The van der Waals surface area contributed by atoms with Gasteiger partial charge in [0, 0.05) is 24.4 Å². The lowest BCUT2D eigenvalue weighted by Crippen LogP contribution is -2.36. The average molecular weight is 308 g/mol. The highest BCUT2D eigenvalue weighted by Crippen LogP contribution is 2.46. The Morgan fingerprint density at radius 3 is 2.73 bits per heavy atom. The lowest BCUT2D eigenvalue weighted by molar-refractivity contribution is -0.0687. The molecule has 0 amide bonds. The molecule has 3 rings (SSSR count). The summed E-state index contributed by atoms with van der Waals surface area (Å²) < 4.78 is 39.8. The van der Waals surface area contributed by atoms with Gasteiger partial charge in [-0.25, -0.2) is 5.01 Å². The normalized spacial score (nSPS) is 18.0. The van der Waals surface area contributed by atoms with E-state index in [-0.39, 0.29) is 0 Å². The van der Waals surface area contributed by atoms with Gasteiger partial charge in [-0.3, -0.25) is 0 Å². The van der Waals surface area contributed by atoms with E-state index in [4.69, 9.17) is 0 Å². The summed E-state index contributed by atoms with van der Waals surface area (Å²) >= 11 is 0. The second kappa shape index (κ2) is 5.47. The molecule has 2 aliphatic rings. The molecule has 5 heteroatoms. The number of benzene rings is 1. The fourth-order valence-corrected chi connectivity index (χ4v) is 3.13. The Kier molecular flexibility index (Phi) is 3.77. The van der Waals surface area contributed by atoms with Crippen molar-refractivity contribution in [2.24, 2.45) is 0 Å². The molecule has 1 aliphatic carbocycles. The Labute approximate surface area is 128 Å². The number of nitrogens with one attached hydrogen (secondary N) is 1. The van der Waals surface area contributed by atoms with Gasteiger partial charge < -0.3 is 5.43 Å². The van der Waals surface area contributed by atoms with Gasteiger partial charge in [0.2, 0.25) is 0 Å². The van der Waals surface area contributed by atoms with E-state index < -0.39 is 11.7 Å². The quantitative estimate of drug-likeness (QED) is 0.884. The first-order chi connectivity index (χ1) is 10.4. The van der Waals surface area contributed by atoms with Gasteiger partial charge in [-0.05, 0) is 36.1 Å². The lowest BCUT2D eigenvalue weighted by Gasteiger charge is -2.23. The second-order valence-corrected chi connectivity index (χ2v) is 5.82. The summed E-state index contributed by atoms with van der Waals surface area (Å²) in [7, 11) is 0. The van der Waals surface area contributed by atoms with Crippen LogP contribution in [0, 0.1) is 0 Å². The minimum Gasteiger partial charge on any atom is -0.322 e. The van der Waals surface area contributed by atoms with Crippen molar-refractivity contribution in [3.05, 3.63) is 46.7 Å². The molecule has 1 aromatic carbocycles. The fraction of sp³-hybridized carbons (Fsp3) is 0.412. The molecule has 2 nitrogen and oxygen atoms in total. The van der Waals surface area contributed by atoms with Crippen LogP contribution in [-0.2, 0) is 6.54 Å². The number of hydrogen-bond donors (Lipinski definition) is 1. The summed E-state index contributed by atoms with van der Waals surface area (Å²) in [4.78, 5) is 0. The van der Waals surface area contributed by atoms with Crippen LogP contribution in [0.3, 0.4) is 0 Å². The van der Waals surface area contributed by atoms with Crippen molar-refractivity contribution in [2.75, 3.05) is 6.54 Å². The summed E-state index contributed by atoms with van der Waals surface area (Å²) in [5.74, 6) is 0. The minimum absolute atomic E-state index is 0.304. The molecule has 0 bridgehead atoms. The van der Waals surface area contributed by atoms with E-state index in [1.165, 1.54) is 6.08 Å². The minimum atomic E-state index is -4.32. The van der Waals surface area contributed by atoms with Gasteiger partial charge in [-0.2, -0.15) is 13.2 Å². The SMILES string of the molecule is CCCCN1Cc2cccc3c2C(=C(C)N1)C=C3C(F)(F)F. The molecule has 0 aromatic heterocycles. The largest absolute Gasteiger partial charge is 0.417 e. The van der Waals surface area contributed by atoms with Crippen molar-refractivity contribution in [3.63, 3.8) is 0 Å². The molecule has 0 atom stereocenters. The molecule has 0 radical (unpaired) electrons. The van der Waals surface area contributed by atoms with Gasteiger partial charge in [0.05, 0.1) is 5.57 Å². The summed E-state index contributed by atoms with van der Waals surface area (Å²) in [5.41, 5.74) is 6.16. The van der Waals surface area contributed by atoms with Crippen LogP contribution in [0.4, 0.5) is 13.2 Å². The summed E-state index contributed by atoms with van der Waals surface area (Å²) in [5, 5.41) is 2.08. The van der Waals surface area contributed by atoms with Crippen LogP contribution >= 0.6 is 0 Å². The number of unbranched alkanes of at least 4 members (excludes halogenated alkanes) is 1. The zero-order chi connectivity index (χ0) is 15.9. The predicted molar refractivity (Wildman–Crippen MR) is 81.5 cm³/mol. The molecule has 0 spiro atoms. The third kappa shape index (κ3) is 2.54. The molecule has 0 saturated heterocycles. The molecule has 0 unspecified atom stereocenters. The highest BCUT2D eigenvalue weighted by atomic mass is 19.4. The van der Waals surface area contributed by atoms with Crippen LogP contribution in [0.15, 0.2) is 30.0 Å². The maximum absolute atomic E-state index is 13.3. The van der Waals surface area contributed by atoms with E-state index in [2.05, 4.69) is 17.4 Å². The fourth-order valence-electron chi connectivity index (χ4n) is 3.13. The van der Waals surface area contributed by atoms with Crippen LogP contribution in [0.5, 0.6) is 0 Å². The smallest absolute Gasteiger partial charge is 0.322 e. The number of hydrogen-bond acceptors (Lipinski definition) is 2. The summed E-state index contributed by atoms with van der Waals surface area (Å²) in [6.45, 7) is 5.46. The number of hydrazine groups is 1. The molecule has 1 N–H and O–H groups in total. The highest BCUT2D eigenvalue weighted by molar-refractivity contribution is 5.99. The van der Waals surface area contributed by atoms with Crippen LogP contribution in [-0.4, -0.2) is 17.7 Å². The zero-order valence-corrected chi connectivity index (χ0v) is 12.7. The number of alkyl halides is 3. The van der Waals surface area contributed by atoms with Crippen molar-refractivity contribution < 1.29 is 13.2 Å². The third-order valence-corrected chi connectivity index (χ3v) is 4.18. The molecular formula is C17H19F3N2. The summed E-state index contributed by atoms with van der Waals surface area (Å²) in [6.07, 6.45) is -0.913. The van der Waals surface area contributed by atoms with E-state index in [0.717, 1.165) is 36.2 Å². The Hall–Kier alpha value is -1.75. The highest BCUT2D eigenvalue weighted by Gasteiger charge is 2.40. The Morgan fingerprint density at radius 1 is 1.27 bits per heavy atom. The monoisotopic (exact) mass is 308 g/mol. The average Bonchev–Trinajstić information content (AvgIpc) is 2.79. The van der Waals surface area contributed by atoms with Gasteiger partial charge in [-0.15, -0.1) is 0 Å². The Bertz CT molecular complexity index is 656. The number of halogens is 3. The maximum atomic E-state index is 13.3.